The second-order valence-corrected chi connectivity index (χ2v) is 7.54. The fourth-order valence-corrected chi connectivity index (χ4v) is 3.92. The number of hydrogen-bond acceptors (Lipinski definition) is 3. The highest BCUT2D eigenvalue weighted by Gasteiger charge is 2.46. The zero-order valence-electron chi connectivity index (χ0n) is 14.5. The average Bonchev–Trinajstić information content (AvgIpc) is 2.72. The van der Waals surface area contributed by atoms with E-state index in [1.807, 2.05) is 0 Å². The Morgan fingerprint density at radius 3 is 2.20 bits per heavy atom. The van der Waals surface area contributed by atoms with Crippen LogP contribution in [0.4, 0.5) is 0 Å². The van der Waals surface area contributed by atoms with Gasteiger partial charge in [0.2, 0.25) is 11.8 Å². The van der Waals surface area contributed by atoms with Gasteiger partial charge in [-0.05, 0) is 24.3 Å². The highest BCUT2D eigenvalue weighted by atomic mass is 35.5. The molecule has 0 bridgehead atoms. The molecule has 2 heterocycles. The van der Waals surface area contributed by atoms with Gasteiger partial charge < -0.3 is 14.7 Å². The van der Waals surface area contributed by atoms with Crippen molar-refractivity contribution < 1.29 is 14.4 Å². The molecule has 1 aromatic carbocycles. The second kappa shape index (κ2) is 6.67. The van der Waals surface area contributed by atoms with Crippen LogP contribution in [0, 0.1) is 5.41 Å². The van der Waals surface area contributed by atoms with Crippen molar-refractivity contribution in [3.05, 3.63) is 34.9 Å². The Labute approximate surface area is 152 Å². The molecule has 3 rings (SSSR count). The Morgan fingerprint density at radius 1 is 1.04 bits per heavy atom. The Morgan fingerprint density at radius 2 is 1.64 bits per heavy atom. The topological polar surface area (TPSA) is 60.9 Å². The number of benzene rings is 1. The lowest BCUT2D eigenvalue weighted by Crippen LogP contribution is -2.44. The van der Waals surface area contributed by atoms with Crippen molar-refractivity contribution >= 4 is 29.3 Å². The van der Waals surface area contributed by atoms with Gasteiger partial charge in [0.05, 0.1) is 0 Å². The molecule has 0 radical (unpaired) electrons. The van der Waals surface area contributed by atoms with Crippen LogP contribution < -0.4 is 0 Å². The monoisotopic (exact) mass is 363 g/mol. The van der Waals surface area contributed by atoms with Gasteiger partial charge in [0.15, 0.2) is 0 Å². The molecule has 2 aliphatic heterocycles. The van der Waals surface area contributed by atoms with Crippen LogP contribution in [-0.2, 0) is 9.59 Å². The Hall–Kier alpha value is -2.08. The quantitative estimate of drug-likeness (QED) is 0.759. The molecule has 2 fully saturated rings. The summed E-state index contributed by atoms with van der Waals surface area (Å²) in [6.45, 7) is 4.00. The maximum Gasteiger partial charge on any atom is 0.253 e. The van der Waals surface area contributed by atoms with Crippen LogP contribution in [-0.4, -0.2) is 72.2 Å². The third kappa shape index (κ3) is 3.63. The SMILES string of the molecule is CC(=O)N1CCN(C(=O)c2ccc(Cl)cc2)CC2(CC(=O)N(C)C2)C1. The molecule has 1 aromatic rings. The van der Waals surface area contributed by atoms with Gasteiger partial charge in [-0.2, -0.15) is 0 Å². The van der Waals surface area contributed by atoms with E-state index in [0.29, 0.717) is 49.7 Å². The summed E-state index contributed by atoms with van der Waals surface area (Å²) in [4.78, 5) is 42.2. The van der Waals surface area contributed by atoms with E-state index in [1.54, 1.807) is 46.0 Å². The van der Waals surface area contributed by atoms with Crippen molar-refractivity contribution in [3.8, 4) is 0 Å². The number of amides is 3. The molecule has 1 spiro atoms. The smallest absolute Gasteiger partial charge is 0.253 e. The first-order valence-electron chi connectivity index (χ1n) is 8.34. The summed E-state index contributed by atoms with van der Waals surface area (Å²) in [5.74, 6) is -0.0603. The molecular weight excluding hydrogens is 342 g/mol. The number of likely N-dealkylation sites (tertiary alicyclic amines) is 1. The van der Waals surface area contributed by atoms with Crippen LogP contribution >= 0.6 is 11.6 Å². The van der Waals surface area contributed by atoms with E-state index in [-0.39, 0.29) is 17.7 Å². The molecule has 0 aliphatic carbocycles. The minimum Gasteiger partial charge on any atom is -0.345 e. The number of nitrogens with zero attached hydrogens (tertiary/aromatic N) is 3. The second-order valence-electron chi connectivity index (χ2n) is 7.10. The number of hydrogen-bond donors (Lipinski definition) is 0. The lowest BCUT2D eigenvalue weighted by atomic mass is 9.85. The van der Waals surface area contributed by atoms with Gasteiger partial charge in [0.25, 0.3) is 5.91 Å². The molecular formula is C18H22ClN3O3. The molecule has 134 valence electrons. The number of halogens is 1. The molecule has 0 saturated carbocycles. The first kappa shape index (κ1) is 17.7. The molecule has 25 heavy (non-hydrogen) atoms. The Bertz CT molecular complexity index is 706. The van der Waals surface area contributed by atoms with Crippen molar-refractivity contribution in [1.29, 1.82) is 0 Å². The van der Waals surface area contributed by atoms with E-state index in [0.717, 1.165) is 0 Å². The van der Waals surface area contributed by atoms with Crippen molar-refractivity contribution in [1.82, 2.24) is 14.7 Å². The van der Waals surface area contributed by atoms with Crippen molar-refractivity contribution in [2.75, 3.05) is 39.8 Å². The van der Waals surface area contributed by atoms with Gasteiger partial charge in [-0.25, -0.2) is 0 Å². The van der Waals surface area contributed by atoms with Crippen LogP contribution in [0.1, 0.15) is 23.7 Å². The van der Waals surface area contributed by atoms with E-state index >= 15 is 0 Å². The average molecular weight is 364 g/mol. The van der Waals surface area contributed by atoms with E-state index in [1.165, 1.54) is 6.92 Å². The van der Waals surface area contributed by atoms with Crippen molar-refractivity contribution in [3.63, 3.8) is 0 Å². The highest BCUT2D eigenvalue weighted by Crippen LogP contribution is 2.34. The maximum absolute atomic E-state index is 12.9. The standard InChI is InChI=1S/C18H22ClN3O3/c1-13(23)21-7-8-22(17(25)14-3-5-15(19)6-4-14)12-18(11-21)9-16(24)20(2)10-18/h3-6H,7-12H2,1-2H3. The van der Waals surface area contributed by atoms with Crippen LogP contribution in [0.25, 0.3) is 0 Å². The summed E-state index contributed by atoms with van der Waals surface area (Å²) in [5, 5.41) is 0.578. The fourth-order valence-electron chi connectivity index (χ4n) is 3.79. The van der Waals surface area contributed by atoms with Crippen LogP contribution in [0.5, 0.6) is 0 Å². The van der Waals surface area contributed by atoms with Gasteiger partial charge in [-0.1, -0.05) is 11.6 Å². The minimum absolute atomic E-state index is 0.0258. The van der Waals surface area contributed by atoms with Crippen LogP contribution in [0.3, 0.4) is 0 Å². The summed E-state index contributed by atoms with van der Waals surface area (Å²) >= 11 is 5.90. The van der Waals surface area contributed by atoms with E-state index in [2.05, 4.69) is 0 Å². The summed E-state index contributed by atoms with van der Waals surface area (Å²) in [6, 6.07) is 6.79. The number of carbonyl (C=O) groups excluding carboxylic acids is 3. The van der Waals surface area contributed by atoms with Crippen molar-refractivity contribution in [2.45, 2.75) is 13.3 Å². The fraction of sp³-hybridized carbons (Fsp3) is 0.500. The molecule has 2 saturated heterocycles. The predicted molar refractivity (Wildman–Crippen MR) is 94.3 cm³/mol. The zero-order valence-corrected chi connectivity index (χ0v) is 15.3. The van der Waals surface area contributed by atoms with Crippen molar-refractivity contribution in [2.24, 2.45) is 5.41 Å². The first-order chi connectivity index (χ1) is 11.8. The first-order valence-corrected chi connectivity index (χ1v) is 8.72. The number of rotatable bonds is 1. The summed E-state index contributed by atoms with van der Waals surface area (Å²) in [5.41, 5.74) is 0.157. The van der Waals surface area contributed by atoms with E-state index in [4.69, 9.17) is 11.6 Å². The highest BCUT2D eigenvalue weighted by molar-refractivity contribution is 6.30. The third-order valence-electron chi connectivity index (χ3n) is 5.04. The number of carbonyl (C=O) groups is 3. The van der Waals surface area contributed by atoms with E-state index in [9.17, 15) is 14.4 Å². The molecule has 1 unspecified atom stereocenters. The Balaban J connectivity index is 1.87. The van der Waals surface area contributed by atoms with Crippen LogP contribution in [0.2, 0.25) is 5.02 Å². The van der Waals surface area contributed by atoms with Crippen LogP contribution in [0.15, 0.2) is 24.3 Å². The molecule has 0 N–H and O–H groups in total. The lowest BCUT2D eigenvalue weighted by molar-refractivity contribution is -0.130. The summed E-state index contributed by atoms with van der Waals surface area (Å²) in [7, 11) is 1.77. The normalized spacial score (nSPS) is 24.0. The molecule has 0 aromatic heterocycles. The predicted octanol–water partition coefficient (Wildman–Crippen LogP) is 1.49. The minimum atomic E-state index is -0.407. The van der Waals surface area contributed by atoms with Gasteiger partial charge in [0.1, 0.15) is 0 Å². The largest absolute Gasteiger partial charge is 0.345 e. The zero-order chi connectivity index (χ0) is 18.2. The third-order valence-corrected chi connectivity index (χ3v) is 5.29. The summed E-state index contributed by atoms with van der Waals surface area (Å²) < 4.78 is 0. The molecule has 3 amide bonds. The molecule has 7 heteroatoms. The van der Waals surface area contributed by atoms with Gasteiger partial charge >= 0.3 is 0 Å². The van der Waals surface area contributed by atoms with Gasteiger partial charge in [0, 0.05) is 69.1 Å². The summed E-state index contributed by atoms with van der Waals surface area (Å²) in [6.07, 6.45) is 0.359. The maximum atomic E-state index is 12.9. The van der Waals surface area contributed by atoms with E-state index < -0.39 is 5.41 Å². The van der Waals surface area contributed by atoms with Gasteiger partial charge in [-0.3, -0.25) is 14.4 Å². The molecule has 6 nitrogen and oxygen atoms in total. The molecule has 1 atom stereocenters. The molecule has 2 aliphatic rings. The Kier molecular flexibility index (Phi) is 4.73. The van der Waals surface area contributed by atoms with Gasteiger partial charge in [-0.15, -0.1) is 0 Å². The lowest BCUT2D eigenvalue weighted by Gasteiger charge is -2.33.